The van der Waals surface area contributed by atoms with Crippen molar-refractivity contribution < 1.29 is 13.9 Å². The van der Waals surface area contributed by atoms with Crippen LogP contribution in [0.25, 0.3) is 33.3 Å². The van der Waals surface area contributed by atoms with E-state index in [0.717, 1.165) is 16.5 Å². The minimum atomic E-state index is -0.447. The highest BCUT2D eigenvalue weighted by Crippen LogP contribution is 2.26. The maximum atomic E-state index is 14.5. The number of methoxy groups -OCH3 is 1. The largest absolute Gasteiger partial charge is 0.488 e. The van der Waals surface area contributed by atoms with E-state index in [-0.39, 0.29) is 12.4 Å². The van der Waals surface area contributed by atoms with Crippen molar-refractivity contribution in [2.45, 2.75) is 6.54 Å². The third kappa shape index (κ3) is 4.00. The average molecular weight is 429 g/mol. The van der Waals surface area contributed by atoms with E-state index in [2.05, 4.69) is 21.4 Å². The van der Waals surface area contributed by atoms with Gasteiger partial charge in [-0.05, 0) is 54.1 Å². The minimum Gasteiger partial charge on any atom is -0.488 e. The molecule has 0 saturated heterocycles. The number of rotatable bonds is 7. The first-order valence-corrected chi connectivity index (χ1v) is 10.2. The number of aromatic nitrogens is 5. The molecule has 0 bridgehead atoms. The molecule has 0 aliphatic carbocycles. The van der Waals surface area contributed by atoms with Gasteiger partial charge >= 0.3 is 0 Å². The van der Waals surface area contributed by atoms with E-state index >= 15 is 0 Å². The molecular weight excluding hydrogens is 409 g/mol. The Labute approximate surface area is 183 Å². The van der Waals surface area contributed by atoms with Crippen molar-refractivity contribution in [3.8, 4) is 17.0 Å². The van der Waals surface area contributed by atoms with Crippen molar-refractivity contribution in [1.29, 1.82) is 0 Å². The van der Waals surface area contributed by atoms with Gasteiger partial charge in [0.15, 0.2) is 17.2 Å². The Bertz CT molecular complexity index is 1400. The lowest BCUT2D eigenvalue weighted by Gasteiger charge is -2.09. The molecule has 2 aromatic carbocycles. The second kappa shape index (κ2) is 8.68. The molecule has 0 spiro atoms. The maximum Gasteiger partial charge on any atom is 0.179 e. The van der Waals surface area contributed by atoms with E-state index in [0.29, 0.717) is 35.6 Å². The zero-order valence-corrected chi connectivity index (χ0v) is 17.4. The summed E-state index contributed by atoms with van der Waals surface area (Å²) in [4.78, 5) is 9.06. The molecule has 32 heavy (non-hydrogen) atoms. The fourth-order valence-electron chi connectivity index (χ4n) is 3.53. The van der Waals surface area contributed by atoms with Crippen LogP contribution in [-0.4, -0.2) is 45.3 Å². The molecule has 8 heteroatoms. The van der Waals surface area contributed by atoms with Crippen LogP contribution in [0.15, 0.2) is 66.9 Å². The van der Waals surface area contributed by atoms with Crippen LogP contribution in [0.2, 0.25) is 0 Å². The van der Waals surface area contributed by atoms with Gasteiger partial charge < -0.3 is 9.47 Å². The Morgan fingerprint density at radius 3 is 2.75 bits per heavy atom. The summed E-state index contributed by atoms with van der Waals surface area (Å²) < 4.78 is 26.6. The van der Waals surface area contributed by atoms with Gasteiger partial charge in [0.1, 0.15) is 12.1 Å². The first-order valence-electron chi connectivity index (χ1n) is 10.2. The van der Waals surface area contributed by atoms with Gasteiger partial charge in [-0.3, -0.25) is 4.98 Å². The molecule has 0 saturated carbocycles. The van der Waals surface area contributed by atoms with Crippen LogP contribution in [0.1, 0.15) is 5.56 Å². The summed E-state index contributed by atoms with van der Waals surface area (Å²) in [6.07, 6.45) is 1.78. The van der Waals surface area contributed by atoms with Gasteiger partial charge in [0, 0.05) is 24.3 Å². The van der Waals surface area contributed by atoms with E-state index in [1.54, 1.807) is 30.1 Å². The van der Waals surface area contributed by atoms with Crippen molar-refractivity contribution in [2.24, 2.45) is 0 Å². The van der Waals surface area contributed by atoms with Crippen LogP contribution < -0.4 is 4.74 Å². The van der Waals surface area contributed by atoms with Crippen LogP contribution in [0.5, 0.6) is 5.75 Å². The van der Waals surface area contributed by atoms with Crippen LogP contribution in [0.3, 0.4) is 0 Å². The highest BCUT2D eigenvalue weighted by molar-refractivity contribution is 5.79. The Morgan fingerprint density at radius 2 is 1.88 bits per heavy atom. The molecule has 5 rings (SSSR count). The van der Waals surface area contributed by atoms with Crippen molar-refractivity contribution in [3.63, 3.8) is 0 Å². The van der Waals surface area contributed by atoms with Gasteiger partial charge in [-0.15, -0.1) is 5.10 Å². The number of pyridine rings is 2. The van der Waals surface area contributed by atoms with E-state index in [4.69, 9.17) is 14.5 Å². The summed E-state index contributed by atoms with van der Waals surface area (Å²) in [5.74, 6) is -0.263. The number of halogens is 1. The first-order chi connectivity index (χ1) is 15.7. The van der Waals surface area contributed by atoms with Crippen LogP contribution in [-0.2, 0) is 11.3 Å². The van der Waals surface area contributed by atoms with Gasteiger partial charge in [-0.1, -0.05) is 17.3 Å². The van der Waals surface area contributed by atoms with E-state index in [9.17, 15) is 4.39 Å². The van der Waals surface area contributed by atoms with Gasteiger partial charge in [0.25, 0.3) is 0 Å². The Balaban J connectivity index is 1.44. The molecule has 160 valence electrons. The number of hydrogen-bond donors (Lipinski definition) is 0. The zero-order chi connectivity index (χ0) is 21.9. The number of nitrogens with zero attached hydrogens (tertiary/aromatic N) is 5. The lowest BCUT2D eigenvalue weighted by Crippen LogP contribution is -2.05. The van der Waals surface area contributed by atoms with Gasteiger partial charge in [-0.25, -0.2) is 14.1 Å². The van der Waals surface area contributed by atoms with Crippen molar-refractivity contribution in [3.05, 3.63) is 78.2 Å². The second-order valence-electron chi connectivity index (χ2n) is 7.30. The van der Waals surface area contributed by atoms with Crippen molar-refractivity contribution in [1.82, 2.24) is 25.0 Å². The normalized spacial score (nSPS) is 11.3. The Morgan fingerprint density at radius 1 is 0.969 bits per heavy atom. The molecule has 7 nitrogen and oxygen atoms in total. The SMILES string of the molecule is COCCOc1ccc(-c2ccc3nnn(Cc4ccc5ncccc5c4)c3n2)cc1F. The van der Waals surface area contributed by atoms with E-state index in [1.807, 2.05) is 36.4 Å². The Hall–Kier alpha value is -3.91. The summed E-state index contributed by atoms with van der Waals surface area (Å²) >= 11 is 0. The Kier molecular flexibility index (Phi) is 5.43. The molecule has 0 N–H and O–H groups in total. The standard InChI is InChI=1S/C24H20FN5O2/c1-31-11-12-32-23-9-5-18(14-19(23)25)21-7-8-22-24(27-21)30(29-28-22)15-16-4-6-20-17(13-16)3-2-10-26-20/h2-10,13-14H,11-12,15H2,1H3. The molecule has 0 unspecified atom stereocenters. The summed E-state index contributed by atoms with van der Waals surface area (Å²) in [7, 11) is 1.57. The summed E-state index contributed by atoms with van der Waals surface area (Å²) in [6, 6.07) is 18.5. The smallest absolute Gasteiger partial charge is 0.179 e. The first kappa shape index (κ1) is 20.0. The molecule has 0 radical (unpaired) electrons. The van der Waals surface area contributed by atoms with Gasteiger partial charge in [0.05, 0.1) is 24.4 Å². The molecule has 3 aromatic heterocycles. The third-order valence-electron chi connectivity index (χ3n) is 5.13. The molecular formula is C24H20FN5O2. The minimum absolute atomic E-state index is 0.185. The molecule has 0 atom stereocenters. The average Bonchev–Trinajstić information content (AvgIpc) is 3.22. The molecule has 0 fully saturated rings. The van der Waals surface area contributed by atoms with Crippen molar-refractivity contribution in [2.75, 3.05) is 20.3 Å². The molecule has 3 heterocycles. The molecule has 0 amide bonds. The lowest BCUT2D eigenvalue weighted by atomic mass is 10.1. The summed E-state index contributed by atoms with van der Waals surface area (Å²) in [6.45, 7) is 1.19. The van der Waals surface area contributed by atoms with E-state index in [1.165, 1.54) is 6.07 Å². The monoisotopic (exact) mass is 429 g/mol. The van der Waals surface area contributed by atoms with Crippen LogP contribution in [0.4, 0.5) is 4.39 Å². The zero-order valence-electron chi connectivity index (χ0n) is 17.4. The highest BCUT2D eigenvalue weighted by atomic mass is 19.1. The fourth-order valence-corrected chi connectivity index (χ4v) is 3.53. The van der Waals surface area contributed by atoms with E-state index < -0.39 is 5.82 Å². The second-order valence-corrected chi connectivity index (χ2v) is 7.30. The highest BCUT2D eigenvalue weighted by Gasteiger charge is 2.12. The van der Waals surface area contributed by atoms with Crippen molar-refractivity contribution >= 4 is 22.1 Å². The summed E-state index contributed by atoms with van der Waals surface area (Å²) in [5.41, 5.74) is 4.59. The predicted molar refractivity (Wildman–Crippen MR) is 119 cm³/mol. The molecule has 0 aliphatic heterocycles. The van der Waals surface area contributed by atoms with Crippen LogP contribution >= 0.6 is 0 Å². The maximum absolute atomic E-state index is 14.5. The number of fused-ring (bicyclic) bond motifs is 2. The third-order valence-corrected chi connectivity index (χ3v) is 5.13. The van der Waals surface area contributed by atoms with Gasteiger partial charge in [0.2, 0.25) is 0 Å². The molecule has 0 aliphatic rings. The quantitative estimate of drug-likeness (QED) is 0.360. The molecule has 5 aromatic rings. The van der Waals surface area contributed by atoms with Gasteiger partial charge in [-0.2, -0.15) is 0 Å². The fraction of sp³-hybridized carbons (Fsp3) is 0.167. The lowest BCUT2D eigenvalue weighted by molar-refractivity contribution is 0.144. The summed E-state index contributed by atoms with van der Waals surface area (Å²) in [5, 5.41) is 9.54. The number of ether oxygens (including phenoxy) is 2. The van der Waals surface area contributed by atoms with Crippen LogP contribution in [0, 0.1) is 5.82 Å². The number of hydrogen-bond acceptors (Lipinski definition) is 6. The topological polar surface area (TPSA) is 75.0 Å². The number of benzene rings is 2. The predicted octanol–water partition coefficient (Wildman–Crippen LogP) is 4.25.